The molecule has 598 valence electrons. The molecule has 0 bridgehead atoms. The number of nitrogens with one attached hydrogen (secondary N) is 1. The molecule has 1 aliphatic rings. The van der Waals surface area contributed by atoms with E-state index in [-0.39, 0.29) is 74.7 Å². The Morgan fingerprint density at radius 2 is 0.570 bits per heavy atom. The van der Waals surface area contributed by atoms with E-state index in [0.29, 0.717) is 60.0 Å². The van der Waals surface area contributed by atoms with Gasteiger partial charge in [0, 0.05) is 0 Å². The Morgan fingerprint density at radius 1 is 0.281 bits per heavy atom. The van der Waals surface area contributed by atoms with Crippen molar-refractivity contribution in [2.75, 3.05) is 0 Å². The van der Waals surface area contributed by atoms with Gasteiger partial charge in [-0.2, -0.15) is 0 Å². The monoisotopic (exact) mass is 1710 g/mol. The van der Waals surface area contributed by atoms with Crippen LogP contribution in [-0.2, 0) is 0 Å². The Hall–Kier alpha value is -13.0. The summed E-state index contributed by atoms with van der Waals surface area (Å²) in [5.41, 5.74) is 0. The van der Waals surface area contributed by atoms with Crippen molar-refractivity contribution >= 4 is 125 Å². The van der Waals surface area contributed by atoms with E-state index in [1.165, 1.54) is 106 Å². The SMILES string of the molecule is Oc1ccc(OP2(Oc3ccc(O)cc3)=NPNPN(Oc3cccc4ccccc34)P(Oc3cccc4ccccc34)N(Oc3cccc4ccccc34)P(Oc3cccc4ccccc34)N(Oc3cccc4ccccc34)P(Oc3ccc(O)cc3)(Oc3ccc(O)cc3)(Oc3cccc4ccccc34)N2Oc2cccc3ccccc23)cc1. The molecule has 0 spiro atoms. The van der Waals surface area contributed by atoms with E-state index in [1.54, 1.807) is 27.4 Å². The predicted molar refractivity (Wildman–Crippen MR) is 484 cm³/mol. The van der Waals surface area contributed by atoms with Crippen LogP contribution in [0.5, 0.6) is 86.2 Å². The summed E-state index contributed by atoms with van der Waals surface area (Å²) in [7, 11) is -21.4. The number of hydrogen-bond donors (Lipinski definition) is 5. The van der Waals surface area contributed by atoms with Crippen LogP contribution in [0.1, 0.15) is 0 Å². The van der Waals surface area contributed by atoms with Gasteiger partial charge in [-0.1, -0.05) is 0 Å². The third kappa shape index (κ3) is 15.9. The van der Waals surface area contributed by atoms with Gasteiger partial charge in [0.25, 0.3) is 0 Å². The Balaban J connectivity index is 1.07. The number of aromatic hydroxyl groups is 4. The molecule has 4 atom stereocenters. The van der Waals surface area contributed by atoms with Crippen LogP contribution in [0.25, 0.3) is 75.4 Å². The van der Waals surface area contributed by atoms with Crippen molar-refractivity contribution in [3.05, 3.63) is 394 Å². The van der Waals surface area contributed by atoms with Gasteiger partial charge >= 0.3 is 705 Å². The van der Waals surface area contributed by atoms with Crippen LogP contribution in [0.15, 0.2) is 399 Å². The number of benzene rings is 18. The number of hydrogen-bond acceptors (Lipinski definition) is 21. The van der Waals surface area contributed by atoms with Crippen LogP contribution in [0, 0.1) is 0 Å². The average molecular weight is 1710 g/mol. The summed E-state index contributed by atoms with van der Waals surface area (Å²) >= 11 is 0. The van der Waals surface area contributed by atoms with E-state index in [0.717, 1.165) is 26.9 Å². The zero-order chi connectivity index (χ0) is 81.7. The van der Waals surface area contributed by atoms with Gasteiger partial charge in [-0.15, -0.1) is 0 Å². The van der Waals surface area contributed by atoms with Crippen LogP contribution >= 0.6 is 49.9 Å². The standard InChI is InChI=1S/C94H72N6O15P6/c101-73-50-58-77(59-51-73)111-120(112-78-60-52-74(102)53-61-78)96-116-95-117-97(105-88-43-15-29-66-22-1-8-36-81(66)88)118(109-92-47-19-33-70-26-5-12-40-85(70)92)98(106-89-44-16-30-67-23-2-9-37-82(67)89)119(110-93-48-20-34-71-27-6-13-41-86(71)93)99(107-90-45-17-31-68-24-3-10-38-83(68)90)121(113-79-62-54-75(103)55-63-79,114-80-64-56-76(104)57-65-80,115-94-49-21-35-72-28-7-14-42-87(72)94)100(120)108-91-46-18-32-69-25-4-11-39-84(69)91/h1-65,95,101-104,116-117H. The summed E-state index contributed by atoms with van der Waals surface area (Å²) in [6, 6.07) is 118. The Morgan fingerprint density at radius 3 is 0.950 bits per heavy atom. The Labute approximate surface area is 700 Å². The molecule has 1 heterocycles. The van der Waals surface area contributed by atoms with Crippen LogP contribution < -0.4 is 55.9 Å². The molecule has 0 fully saturated rings. The molecular formula is C94H72N6O15P6. The first-order valence-electron chi connectivity index (χ1n) is 38.2. The van der Waals surface area contributed by atoms with E-state index in [1.807, 2.05) is 279 Å². The molecule has 0 aliphatic carbocycles. The normalized spacial score (nSPS) is 16.5. The molecule has 27 heteroatoms. The topological polar surface area (TPSA) is 220 Å². The summed E-state index contributed by atoms with van der Waals surface area (Å²) < 4.78 is 71.1. The van der Waals surface area contributed by atoms with Gasteiger partial charge in [0.15, 0.2) is 0 Å². The second-order valence-corrected chi connectivity index (χ2v) is 39.0. The summed E-state index contributed by atoms with van der Waals surface area (Å²) in [6.07, 6.45) is 0. The molecule has 18 aromatic carbocycles. The van der Waals surface area contributed by atoms with E-state index < -0.39 is 49.9 Å². The number of phenols is 4. The second-order valence-electron chi connectivity index (χ2n) is 27.6. The van der Waals surface area contributed by atoms with Gasteiger partial charge in [0.1, 0.15) is 0 Å². The van der Waals surface area contributed by atoms with Gasteiger partial charge in [0.2, 0.25) is 0 Å². The van der Waals surface area contributed by atoms with Crippen LogP contribution in [-0.4, -0.2) is 38.8 Å². The number of fused-ring (bicyclic) bond motifs is 7. The van der Waals surface area contributed by atoms with Crippen molar-refractivity contribution in [2.24, 2.45) is 4.52 Å². The zero-order valence-electron chi connectivity index (χ0n) is 63.8. The number of nitrogens with zero attached hydrogens (tertiary/aromatic N) is 5. The Kier molecular flexibility index (Phi) is 21.9. The van der Waals surface area contributed by atoms with Crippen molar-refractivity contribution in [1.29, 1.82) is 0 Å². The third-order valence-corrected chi connectivity index (χ3v) is 33.4. The molecule has 0 saturated carbocycles. The fourth-order valence-corrected chi connectivity index (χ4v) is 29.6. The van der Waals surface area contributed by atoms with Crippen molar-refractivity contribution < 1.29 is 71.4 Å². The van der Waals surface area contributed by atoms with Crippen molar-refractivity contribution in [3.8, 4) is 86.2 Å². The van der Waals surface area contributed by atoms with Gasteiger partial charge in [-0.3, -0.25) is 0 Å². The van der Waals surface area contributed by atoms with E-state index in [9.17, 15) is 20.4 Å². The molecule has 5 N–H and O–H groups in total. The first-order valence-corrected chi connectivity index (χ1v) is 45.9. The fourth-order valence-electron chi connectivity index (χ4n) is 14.0. The fraction of sp³-hybridized carbons (Fsp3) is 0. The van der Waals surface area contributed by atoms with E-state index in [2.05, 4.69) is 4.86 Å². The molecule has 121 heavy (non-hydrogen) atoms. The molecule has 0 amide bonds. The molecule has 0 aromatic heterocycles. The van der Waals surface area contributed by atoms with Crippen LogP contribution in [0.2, 0.25) is 0 Å². The molecular weight excluding hydrogens is 1640 g/mol. The summed E-state index contributed by atoms with van der Waals surface area (Å²) in [4.78, 5) is 37.0. The Bertz CT molecular complexity index is 6770. The zero-order valence-corrected chi connectivity index (χ0v) is 69.4. The molecule has 0 radical (unpaired) electrons. The van der Waals surface area contributed by atoms with Gasteiger partial charge in [0.05, 0.1) is 0 Å². The van der Waals surface area contributed by atoms with Gasteiger partial charge in [-0.25, -0.2) is 0 Å². The predicted octanol–water partition coefficient (Wildman–Crippen LogP) is 26.8. The van der Waals surface area contributed by atoms with Crippen molar-refractivity contribution in [2.45, 2.75) is 0 Å². The van der Waals surface area contributed by atoms with Crippen LogP contribution in [0.4, 0.5) is 0 Å². The minimum atomic E-state index is -7.64. The average Bonchev–Trinajstić information content (AvgIpc) is 0.675. The number of rotatable bonds is 22. The quantitative estimate of drug-likeness (QED) is 0.0398. The second kappa shape index (κ2) is 34.0. The first kappa shape index (κ1) is 77.8. The molecule has 4 unspecified atom stereocenters. The third-order valence-electron chi connectivity index (χ3n) is 19.7. The molecule has 1 aliphatic heterocycles. The summed E-state index contributed by atoms with van der Waals surface area (Å²) in [6.45, 7) is 0. The van der Waals surface area contributed by atoms with Gasteiger partial charge < -0.3 is 0 Å². The number of phenolic OH excluding ortho intramolecular Hbond substituents is 4. The van der Waals surface area contributed by atoms with Crippen LogP contribution in [0.3, 0.4) is 0 Å². The maximum absolute atomic E-state index is 11.8. The maximum atomic E-state index is 11.8. The van der Waals surface area contributed by atoms with E-state index >= 15 is 0 Å². The van der Waals surface area contributed by atoms with E-state index in [4.69, 9.17) is 55.5 Å². The molecule has 19 rings (SSSR count). The van der Waals surface area contributed by atoms with Crippen molar-refractivity contribution in [3.63, 3.8) is 0 Å². The van der Waals surface area contributed by atoms with Crippen molar-refractivity contribution in [1.82, 2.24) is 23.3 Å². The minimum absolute atomic E-state index is 0.0141. The summed E-state index contributed by atoms with van der Waals surface area (Å²) in [5.74, 6) is 0.588. The van der Waals surface area contributed by atoms with Gasteiger partial charge in [-0.05, 0) is 0 Å². The molecule has 18 aromatic rings. The summed E-state index contributed by atoms with van der Waals surface area (Å²) in [5, 5.41) is 56.0. The first-order chi connectivity index (χ1) is 59.4. The molecule has 21 nitrogen and oxygen atoms in total. The molecule has 0 saturated heterocycles.